The number of nitrogens with zero attached hydrogens (tertiary/aromatic N) is 4. The maximum Gasteiger partial charge on any atom is 0.285 e. The van der Waals surface area contributed by atoms with Gasteiger partial charge in [-0.2, -0.15) is 10.4 Å². The predicted molar refractivity (Wildman–Crippen MR) is 96.3 cm³/mol. The van der Waals surface area contributed by atoms with E-state index in [1.807, 2.05) is 19.9 Å². The molecule has 9 heteroatoms. The molecule has 1 aliphatic rings. The molecule has 0 saturated carbocycles. The van der Waals surface area contributed by atoms with Crippen LogP contribution in [0.25, 0.3) is 0 Å². The minimum atomic E-state index is -3.14. The molecular weight excluding hydrogens is 356 g/mol. The van der Waals surface area contributed by atoms with Crippen LogP contribution >= 0.6 is 0 Å². The summed E-state index contributed by atoms with van der Waals surface area (Å²) in [5, 5.41) is 13.3. The summed E-state index contributed by atoms with van der Waals surface area (Å²) in [5.41, 5.74) is 0.380. The Morgan fingerprint density at radius 1 is 1.46 bits per heavy atom. The number of carbonyl (C=O) groups is 1. The Hall–Kier alpha value is -2.21. The van der Waals surface area contributed by atoms with Crippen LogP contribution in [-0.4, -0.2) is 52.6 Å². The number of carbonyl (C=O) groups excluding carboxylic acids is 1. The Morgan fingerprint density at radius 2 is 2.12 bits per heavy atom. The summed E-state index contributed by atoms with van der Waals surface area (Å²) >= 11 is 0. The molecule has 0 spiro atoms. The second-order valence-electron chi connectivity index (χ2n) is 6.78. The molecule has 1 fully saturated rings. The molecule has 1 amide bonds. The van der Waals surface area contributed by atoms with E-state index in [1.165, 1.54) is 0 Å². The average Bonchev–Trinajstić information content (AvgIpc) is 2.92. The maximum absolute atomic E-state index is 12.9. The van der Waals surface area contributed by atoms with E-state index >= 15 is 0 Å². The molecule has 1 aliphatic heterocycles. The van der Waals surface area contributed by atoms with Crippen LogP contribution in [0.5, 0.6) is 0 Å². The van der Waals surface area contributed by atoms with Crippen LogP contribution in [0.4, 0.5) is 0 Å². The maximum atomic E-state index is 12.9. The van der Waals surface area contributed by atoms with Crippen molar-refractivity contribution in [3.8, 4) is 6.07 Å². The van der Waals surface area contributed by atoms with E-state index in [1.54, 1.807) is 18.7 Å². The van der Waals surface area contributed by atoms with Gasteiger partial charge in [-0.15, -0.1) is 0 Å². The summed E-state index contributed by atoms with van der Waals surface area (Å²) < 4.78 is 24.6. The average molecular weight is 380 g/mol. The van der Waals surface area contributed by atoms with Crippen LogP contribution < -0.4 is 5.56 Å². The van der Waals surface area contributed by atoms with Gasteiger partial charge < -0.3 is 4.90 Å². The Morgan fingerprint density at radius 3 is 2.62 bits per heavy atom. The molecular formula is C17H24N4O4S. The fourth-order valence-corrected chi connectivity index (χ4v) is 4.93. The van der Waals surface area contributed by atoms with E-state index < -0.39 is 15.4 Å². The number of amides is 1. The van der Waals surface area contributed by atoms with E-state index in [0.717, 1.165) is 4.68 Å². The van der Waals surface area contributed by atoms with E-state index in [9.17, 15) is 23.3 Å². The van der Waals surface area contributed by atoms with E-state index in [0.29, 0.717) is 24.1 Å². The zero-order valence-corrected chi connectivity index (χ0v) is 16.3. The minimum Gasteiger partial charge on any atom is -0.334 e. The number of hydrogen-bond donors (Lipinski definition) is 0. The Kier molecular flexibility index (Phi) is 5.86. The topological polar surface area (TPSA) is 113 Å². The van der Waals surface area contributed by atoms with Gasteiger partial charge in [0.15, 0.2) is 9.84 Å². The second-order valence-corrected chi connectivity index (χ2v) is 9.00. The zero-order chi connectivity index (χ0) is 19.6. The van der Waals surface area contributed by atoms with Gasteiger partial charge in [0.1, 0.15) is 18.2 Å². The lowest BCUT2D eigenvalue weighted by atomic mass is 10.1. The highest BCUT2D eigenvalue weighted by atomic mass is 32.2. The smallest absolute Gasteiger partial charge is 0.285 e. The van der Waals surface area contributed by atoms with Crippen molar-refractivity contribution < 1.29 is 13.2 Å². The molecule has 0 radical (unpaired) electrons. The normalized spacial score (nSPS) is 19.7. The number of aryl methyl sites for hydroxylation is 1. The highest BCUT2D eigenvalue weighted by Gasteiger charge is 2.36. The summed E-state index contributed by atoms with van der Waals surface area (Å²) in [5.74, 6) is -0.344. The van der Waals surface area contributed by atoms with Crippen LogP contribution in [0.3, 0.4) is 0 Å². The van der Waals surface area contributed by atoms with Crippen molar-refractivity contribution in [1.29, 1.82) is 5.26 Å². The third-order valence-corrected chi connectivity index (χ3v) is 6.74. The predicted octanol–water partition coefficient (Wildman–Crippen LogP) is 0.546. The molecule has 1 aromatic rings. The third kappa shape index (κ3) is 3.96. The molecule has 142 valence electrons. The molecule has 1 saturated heterocycles. The number of sulfone groups is 1. The number of nitriles is 1. The van der Waals surface area contributed by atoms with E-state index in [4.69, 9.17) is 0 Å². The number of rotatable bonds is 5. The summed E-state index contributed by atoms with van der Waals surface area (Å²) in [7, 11) is -3.14. The van der Waals surface area contributed by atoms with Crippen molar-refractivity contribution in [1.82, 2.24) is 14.7 Å². The van der Waals surface area contributed by atoms with Crippen LogP contribution in [0, 0.1) is 25.2 Å². The molecule has 2 rings (SSSR count). The van der Waals surface area contributed by atoms with Gasteiger partial charge in [-0.3, -0.25) is 9.59 Å². The molecule has 0 aliphatic carbocycles. The lowest BCUT2D eigenvalue weighted by Crippen LogP contribution is -2.49. The second kappa shape index (κ2) is 7.58. The van der Waals surface area contributed by atoms with Gasteiger partial charge in [0, 0.05) is 12.1 Å². The third-order valence-electron chi connectivity index (χ3n) is 4.99. The standard InChI is InChI=1S/C17H24N4O4S/c1-5-11(2)21(14-6-7-26(24,25)10-14)16(22)9-20-17(23)15(8-18)12(3)13(4)19-20/h11,14H,5-7,9-10H2,1-4H3/t11-,14-/m0/s1. The monoisotopic (exact) mass is 380 g/mol. The zero-order valence-electron chi connectivity index (χ0n) is 15.5. The van der Waals surface area contributed by atoms with E-state index in [2.05, 4.69) is 5.10 Å². The van der Waals surface area contributed by atoms with Crippen molar-refractivity contribution in [3.05, 3.63) is 27.2 Å². The largest absolute Gasteiger partial charge is 0.334 e. The first-order chi connectivity index (χ1) is 12.1. The molecule has 0 bridgehead atoms. The molecule has 2 atom stereocenters. The molecule has 8 nitrogen and oxygen atoms in total. The molecule has 2 heterocycles. The van der Waals surface area contributed by atoms with Crippen LogP contribution in [-0.2, 0) is 21.2 Å². The van der Waals surface area contributed by atoms with Crippen LogP contribution in [0.1, 0.15) is 43.5 Å². The lowest BCUT2D eigenvalue weighted by Gasteiger charge is -2.33. The molecule has 1 aromatic heterocycles. The van der Waals surface area contributed by atoms with E-state index in [-0.39, 0.29) is 41.6 Å². The van der Waals surface area contributed by atoms with Gasteiger partial charge in [0.25, 0.3) is 5.56 Å². The fourth-order valence-electron chi connectivity index (χ4n) is 3.22. The quantitative estimate of drug-likeness (QED) is 0.737. The molecule has 0 unspecified atom stereocenters. The van der Waals surface area contributed by atoms with Gasteiger partial charge in [-0.1, -0.05) is 6.92 Å². The SMILES string of the molecule is CC[C@H](C)N(C(=O)Cn1nc(C)c(C)c(C#N)c1=O)[C@H]1CCS(=O)(=O)C1. The Labute approximate surface area is 153 Å². The van der Waals surface area contributed by atoms with Gasteiger partial charge in [-0.25, -0.2) is 13.1 Å². The van der Waals surface area contributed by atoms with Gasteiger partial charge in [0.05, 0.1) is 17.2 Å². The summed E-state index contributed by atoms with van der Waals surface area (Å²) in [4.78, 5) is 26.9. The summed E-state index contributed by atoms with van der Waals surface area (Å²) in [6, 6.07) is 1.33. The van der Waals surface area contributed by atoms with Crippen molar-refractivity contribution in [3.63, 3.8) is 0 Å². The Balaban J connectivity index is 2.36. The molecule has 26 heavy (non-hydrogen) atoms. The number of aromatic nitrogens is 2. The van der Waals surface area contributed by atoms with Crippen molar-refractivity contribution in [2.45, 2.75) is 59.2 Å². The first kappa shape index (κ1) is 20.1. The van der Waals surface area contributed by atoms with Crippen molar-refractivity contribution in [2.75, 3.05) is 11.5 Å². The van der Waals surface area contributed by atoms with Crippen molar-refractivity contribution in [2.24, 2.45) is 0 Å². The van der Waals surface area contributed by atoms with Crippen LogP contribution in [0.15, 0.2) is 4.79 Å². The Bertz CT molecular complexity index is 914. The van der Waals surface area contributed by atoms with Gasteiger partial charge >= 0.3 is 0 Å². The highest BCUT2D eigenvalue weighted by Crippen LogP contribution is 2.21. The summed E-state index contributed by atoms with van der Waals surface area (Å²) in [6.07, 6.45) is 1.07. The van der Waals surface area contributed by atoms with Crippen molar-refractivity contribution >= 4 is 15.7 Å². The summed E-state index contributed by atoms with van der Waals surface area (Å²) in [6.45, 7) is 6.79. The number of hydrogen-bond acceptors (Lipinski definition) is 6. The molecule has 0 aromatic carbocycles. The minimum absolute atomic E-state index is 0.0242. The van der Waals surface area contributed by atoms with Gasteiger partial charge in [0.2, 0.25) is 5.91 Å². The van der Waals surface area contributed by atoms with Crippen LogP contribution in [0.2, 0.25) is 0 Å². The van der Waals surface area contributed by atoms with Gasteiger partial charge in [-0.05, 0) is 39.2 Å². The highest BCUT2D eigenvalue weighted by molar-refractivity contribution is 7.91. The first-order valence-corrected chi connectivity index (χ1v) is 10.4. The lowest BCUT2D eigenvalue weighted by molar-refractivity contribution is -0.136. The fraction of sp³-hybridized carbons (Fsp3) is 0.647. The first-order valence-electron chi connectivity index (χ1n) is 8.61. The molecule has 0 N–H and O–H groups in total.